The van der Waals surface area contributed by atoms with Crippen molar-refractivity contribution in [1.29, 1.82) is 0 Å². The van der Waals surface area contributed by atoms with Gasteiger partial charge in [-0.05, 0) is 18.2 Å². The fourth-order valence-electron chi connectivity index (χ4n) is 2.88. The Morgan fingerprint density at radius 2 is 1.70 bits per heavy atom. The van der Waals surface area contributed by atoms with Crippen LogP contribution in [0.3, 0.4) is 0 Å². The number of anilines is 1. The molecule has 1 heterocycles. The monoisotopic (exact) mass is 366 g/mol. The lowest BCUT2D eigenvalue weighted by molar-refractivity contribution is 0.249. The predicted molar refractivity (Wildman–Crippen MR) is 103 cm³/mol. The van der Waals surface area contributed by atoms with Crippen molar-refractivity contribution in [2.24, 2.45) is 7.05 Å². The summed E-state index contributed by atoms with van der Waals surface area (Å²) in [5, 5.41) is 5.81. The molecule has 0 saturated carbocycles. The summed E-state index contributed by atoms with van der Waals surface area (Å²) < 4.78 is 12.6. The quantitative estimate of drug-likeness (QED) is 0.701. The molecule has 1 aromatic heterocycles. The number of aryl methyl sites for hydroxylation is 1. The number of imidazole rings is 1. The van der Waals surface area contributed by atoms with E-state index in [1.165, 1.54) is 0 Å². The standard InChI is InChI=1S/C20H22N4O3/c1-24-13-12-21-19(24)18(14-8-4-6-10-16(14)26-2)23-20(25)22-15-9-5-7-11-17(15)27-3/h4-13,18H,1-3H3,(H2,22,23,25)/t18-/m1/s1. The van der Waals surface area contributed by atoms with Crippen LogP contribution in [0.15, 0.2) is 60.9 Å². The minimum Gasteiger partial charge on any atom is -0.496 e. The Morgan fingerprint density at radius 1 is 1.04 bits per heavy atom. The summed E-state index contributed by atoms with van der Waals surface area (Å²) in [5.74, 6) is 1.94. The molecule has 0 fully saturated rings. The van der Waals surface area contributed by atoms with E-state index in [9.17, 15) is 4.79 Å². The van der Waals surface area contributed by atoms with Crippen molar-refractivity contribution in [1.82, 2.24) is 14.9 Å². The summed E-state index contributed by atoms with van der Waals surface area (Å²) in [6, 6.07) is 13.9. The third kappa shape index (κ3) is 4.03. The van der Waals surface area contributed by atoms with E-state index in [0.717, 1.165) is 5.56 Å². The first-order valence-corrected chi connectivity index (χ1v) is 8.44. The van der Waals surface area contributed by atoms with Crippen molar-refractivity contribution < 1.29 is 14.3 Å². The van der Waals surface area contributed by atoms with Crippen LogP contribution in [0, 0.1) is 0 Å². The van der Waals surface area contributed by atoms with Crippen LogP contribution in [0.25, 0.3) is 0 Å². The maximum atomic E-state index is 12.7. The van der Waals surface area contributed by atoms with E-state index in [2.05, 4.69) is 15.6 Å². The molecule has 0 unspecified atom stereocenters. The number of rotatable bonds is 6. The first-order chi connectivity index (χ1) is 13.1. The Balaban J connectivity index is 1.90. The van der Waals surface area contributed by atoms with E-state index in [4.69, 9.17) is 9.47 Å². The Labute approximate surface area is 157 Å². The predicted octanol–water partition coefficient (Wildman–Crippen LogP) is 3.35. The molecule has 1 atom stereocenters. The molecule has 140 valence electrons. The largest absolute Gasteiger partial charge is 0.496 e. The van der Waals surface area contributed by atoms with Gasteiger partial charge >= 0.3 is 6.03 Å². The minimum absolute atomic E-state index is 0.376. The molecule has 0 bridgehead atoms. The van der Waals surface area contributed by atoms with Gasteiger partial charge in [0.1, 0.15) is 23.4 Å². The van der Waals surface area contributed by atoms with E-state index < -0.39 is 6.04 Å². The number of carbonyl (C=O) groups excluding carboxylic acids is 1. The molecule has 7 nitrogen and oxygen atoms in total. The van der Waals surface area contributed by atoms with Gasteiger partial charge in [-0.1, -0.05) is 30.3 Å². The van der Waals surface area contributed by atoms with E-state index in [-0.39, 0.29) is 6.03 Å². The average Bonchev–Trinajstić information content (AvgIpc) is 3.12. The number of nitrogens with one attached hydrogen (secondary N) is 2. The van der Waals surface area contributed by atoms with Gasteiger partial charge in [-0.2, -0.15) is 0 Å². The van der Waals surface area contributed by atoms with E-state index in [1.807, 2.05) is 54.2 Å². The number of benzene rings is 2. The number of aromatic nitrogens is 2. The summed E-state index contributed by atoms with van der Waals surface area (Å²) in [6.07, 6.45) is 3.52. The highest BCUT2D eigenvalue weighted by molar-refractivity contribution is 5.91. The summed E-state index contributed by atoms with van der Waals surface area (Å²) in [6.45, 7) is 0. The lowest BCUT2D eigenvalue weighted by Crippen LogP contribution is -2.34. The van der Waals surface area contributed by atoms with E-state index >= 15 is 0 Å². The summed E-state index contributed by atoms with van der Waals surface area (Å²) in [7, 11) is 5.04. The summed E-state index contributed by atoms with van der Waals surface area (Å²) in [4.78, 5) is 17.1. The third-order valence-corrected chi connectivity index (χ3v) is 4.20. The van der Waals surface area contributed by atoms with Crippen LogP contribution < -0.4 is 20.1 Å². The maximum absolute atomic E-state index is 12.7. The van der Waals surface area contributed by atoms with Crippen molar-refractivity contribution in [3.05, 3.63) is 72.3 Å². The molecule has 0 aliphatic rings. The topological polar surface area (TPSA) is 77.4 Å². The third-order valence-electron chi connectivity index (χ3n) is 4.20. The van der Waals surface area contributed by atoms with Gasteiger partial charge in [0, 0.05) is 25.0 Å². The average molecular weight is 366 g/mol. The second kappa shape index (κ2) is 8.27. The second-order valence-corrected chi connectivity index (χ2v) is 5.87. The zero-order valence-corrected chi connectivity index (χ0v) is 15.5. The van der Waals surface area contributed by atoms with Crippen LogP contribution >= 0.6 is 0 Å². The van der Waals surface area contributed by atoms with Crippen LogP contribution in [0.4, 0.5) is 10.5 Å². The van der Waals surface area contributed by atoms with Gasteiger partial charge in [-0.25, -0.2) is 9.78 Å². The number of urea groups is 1. The van der Waals surface area contributed by atoms with Gasteiger partial charge in [0.25, 0.3) is 0 Å². The van der Waals surface area contributed by atoms with Gasteiger partial charge in [0.05, 0.1) is 19.9 Å². The zero-order chi connectivity index (χ0) is 19.2. The minimum atomic E-state index is -0.490. The Hall–Kier alpha value is -3.48. The van der Waals surface area contributed by atoms with Gasteiger partial charge < -0.3 is 24.7 Å². The molecular weight excluding hydrogens is 344 g/mol. The van der Waals surface area contributed by atoms with Crippen molar-refractivity contribution in [2.45, 2.75) is 6.04 Å². The number of hydrogen-bond acceptors (Lipinski definition) is 4. The molecule has 2 amide bonds. The van der Waals surface area contributed by atoms with Gasteiger partial charge in [-0.3, -0.25) is 0 Å². The van der Waals surface area contributed by atoms with Crippen molar-refractivity contribution in [3.63, 3.8) is 0 Å². The van der Waals surface area contributed by atoms with Gasteiger partial charge in [0.15, 0.2) is 0 Å². The van der Waals surface area contributed by atoms with Crippen LogP contribution in [-0.4, -0.2) is 29.8 Å². The van der Waals surface area contributed by atoms with Crippen molar-refractivity contribution >= 4 is 11.7 Å². The number of methoxy groups -OCH3 is 2. The fourth-order valence-corrected chi connectivity index (χ4v) is 2.88. The van der Waals surface area contributed by atoms with Gasteiger partial charge in [-0.15, -0.1) is 0 Å². The molecule has 0 radical (unpaired) electrons. The van der Waals surface area contributed by atoms with Crippen LogP contribution in [0.1, 0.15) is 17.4 Å². The molecular formula is C20H22N4O3. The fraction of sp³-hybridized carbons (Fsp3) is 0.200. The number of carbonyl (C=O) groups is 1. The molecule has 2 aromatic carbocycles. The maximum Gasteiger partial charge on any atom is 0.320 e. The Bertz CT molecular complexity index is 923. The van der Waals surface area contributed by atoms with Crippen molar-refractivity contribution in [2.75, 3.05) is 19.5 Å². The molecule has 0 aliphatic carbocycles. The lowest BCUT2D eigenvalue weighted by Gasteiger charge is -2.21. The number of amides is 2. The smallest absolute Gasteiger partial charge is 0.320 e. The highest BCUT2D eigenvalue weighted by Crippen LogP contribution is 2.29. The molecule has 3 rings (SSSR count). The highest BCUT2D eigenvalue weighted by atomic mass is 16.5. The summed E-state index contributed by atoms with van der Waals surface area (Å²) in [5.41, 5.74) is 1.39. The molecule has 27 heavy (non-hydrogen) atoms. The molecule has 0 saturated heterocycles. The molecule has 3 aromatic rings. The van der Waals surface area contributed by atoms with Crippen molar-refractivity contribution in [3.8, 4) is 11.5 Å². The normalized spacial score (nSPS) is 11.5. The molecule has 2 N–H and O–H groups in total. The first-order valence-electron chi connectivity index (χ1n) is 8.44. The molecule has 0 spiro atoms. The number of nitrogens with zero attached hydrogens (tertiary/aromatic N) is 2. The van der Waals surface area contributed by atoms with Gasteiger partial charge in [0.2, 0.25) is 0 Å². The first kappa shape index (κ1) is 18.3. The van der Waals surface area contributed by atoms with Crippen LogP contribution in [0.5, 0.6) is 11.5 Å². The van der Waals surface area contributed by atoms with E-state index in [1.54, 1.807) is 32.5 Å². The Kier molecular flexibility index (Phi) is 5.61. The molecule has 0 aliphatic heterocycles. The number of para-hydroxylation sites is 3. The SMILES string of the molecule is COc1ccccc1NC(=O)N[C@H](c1ccccc1OC)c1nccn1C. The number of hydrogen-bond donors (Lipinski definition) is 2. The van der Waals surface area contributed by atoms with E-state index in [0.29, 0.717) is 23.0 Å². The summed E-state index contributed by atoms with van der Waals surface area (Å²) >= 11 is 0. The zero-order valence-electron chi connectivity index (χ0n) is 15.5. The second-order valence-electron chi connectivity index (χ2n) is 5.87. The Morgan fingerprint density at radius 3 is 2.37 bits per heavy atom. The molecule has 7 heteroatoms. The number of ether oxygens (including phenoxy) is 2. The lowest BCUT2D eigenvalue weighted by atomic mass is 10.0. The van der Waals surface area contributed by atoms with Crippen LogP contribution in [0.2, 0.25) is 0 Å². The highest BCUT2D eigenvalue weighted by Gasteiger charge is 2.24. The van der Waals surface area contributed by atoms with Crippen LogP contribution in [-0.2, 0) is 7.05 Å².